The molecule has 1 unspecified atom stereocenters. The number of benzene rings is 3. The summed E-state index contributed by atoms with van der Waals surface area (Å²) in [7, 11) is -3.53. The van der Waals surface area contributed by atoms with Gasteiger partial charge in [-0.2, -0.15) is 0 Å². The molecule has 1 N–H and O–H groups in total. The number of likely N-dealkylation sites (tertiary alicyclic amines) is 1. The van der Waals surface area contributed by atoms with Gasteiger partial charge in [-0.15, -0.1) is 0 Å². The van der Waals surface area contributed by atoms with Gasteiger partial charge < -0.3 is 9.47 Å². The quantitative estimate of drug-likeness (QED) is 0.562. The zero-order chi connectivity index (χ0) is 22.8. The predicted molar refractivity (Wildman–Crippen MR) is 130 cm³/mol. The van der Waals surface area contributed by atoms with Gasteiger partial charge in [0, 0.05) is 24.2 Å². The summed E-state index contributed by atoms with van der Waals surface area (Å²) in [6.07, 6.45) is 1.84. The van der Waals surface area contributed by atoms with Gasteiger partial charge in [0.2, 0.25) is 10.0 Å². The maximum atomic E-state index is 12.8. The molecule has 1 fully saturated rings. The molecule has 0 bridgehead atoms. The summed E-state index contributed by atoms with van der Waals surface area (Å²) >= 11 is 6.06. The van der Waals surface area contributed by atoms with Crippen LogP contribution in [0.15, 0.2) is 65.6 Å². The van der Waals surface area contributed by atoms with Gasteiger partial charge in [-0.25, -0.2) is 13.1 Å². The molecular weight excluding hydrogens is 460 g/mol. The van der Waals surface area contributed by atoms with Crippen LogP contribution in [0.4, 0.5) is 0 Å². The highest BCUT2D eigenvalue weighted by Gasteiger charge is 2.27. The molecule has 0 saturated carbocycles. The number of sulfonamides is 1. The Bertz CT molecular complexity index is 1240. The molecule has 0 spiro atoms. The number of hydrogen-bond donors (Lipinski definition) is 1. The van der Waals surface area contributed by atoms with Crippen LogP contribution in [-0.2, 0) is 10.0 Å². The Hall–Kier alpha value is -2.32. The van der Waals surface area contributed by atoms with Gasteiger partial charge in [0.25, 0.3) is 0 Å². The van der Waals surface area contributed by atoms with E-state index in [9.17, 15) is 8.42 Å². The van der Waals surface area contributed by atoms with Gasteiger partial charge in [0.05, 0.1) is 4.90 Å². The number of rotatable bonds is 6. The molecule has 5 rings (SSSR count). The van der Waals surface area contributed by atoms with Crippen molar-refractivity contribution in [3.63, 3.8) is 0 Å². The Morgan fingerprint density at radius 2 is 1.76 bits per heavy atom. The van der Waals surface area contributed by atoms with Crippen LogP contribution in [0.25, 0.3) is 10.8 Å². The third kappa shape index (κ3) is 5.27. The van der Waals surface area contributed by atoms with Crippen LogP contribution in [0, 0.1) is 5.92 Å². The fraction of sp³-hybridized carbons (Fsp3) is 0.360. The van der Waals surface area contributed by atoms with E-state index >= 15 is 0 Å². The smallest absolute Gasteiger partial charge is 0.240 e. The van der Waals surface area contributed by atoms with Crippen molar-refractivity contribution in [3.8, 4) is 11.5 Å². The first-order valence-electron chi connectivity index (χ1n) is 11.3. The van der Waals surface area contributed by atoms with E-state index < -0.39 is 10.0 Å². The number of nitrogens with zero attached hydrogens (tertiary/aromatic N) is 1. The molecule has 0 amide bonds. The molecular formula is C25H27ClN2O4S. The minimum absolute atomic E-state index is 0.0427. The second kappa shape index (κ2) is 9.50. The third-order valence-electron chi connectivity index (χ3n) is 6.39. The molecule has 8 heteroatoms. The largest absolute Gasteiger partial charge is 0.486 e. The molecule has 1 atom stereocenters. The second-order valence-corrected chi connectivity index (χ2v) is 11.0. The molecule has 2 heterocycles. The summed E-state index contributed by atoms with van der Waals surface area (Å²) in [4.78, 5) is 2.67. The van der Waals surface area contributed by atoms with E-state index in [1.807, 2.05) is 36.4 Å². The zero-order valence-electron chi connectivity index (χ0n) is 18.2. The van der Waals surface area contributed by atoms with E-state index in [4.69, 9.17) is 21.1 Å². The number of halogens is 1. The van der Waals surface area contributed by atoms with Crippen LogP contribution < -0.4 is 14.2 Å². The van der Waals surface area contributed by atoms with Crippen molar-refractivity contribution >= 4 is 32.4 Å². The first kappa shape index (κ1) is 22.5. The summed E-state index contributed by atoms with van der Waals surface area (Å²) in [5.74, 6) is 1.74. The van der Waals surface area contributed by atoms with Crippen LogP contribution in [0.2, 0.25) is 5.02 Å². The topological polar surface area (TPSA) is 67.9 Å². The summed E-state index contributed by atoms with van der Waals surface area (Å²) in [5.41, 5.74) is 0. The Morgan fingerprint density at radius 1 is 0.970 bits per heavy atom. The number of ether oxygens (including phenoxy) is 2. The highest BCUT2D eigenvalue weighted by Crippen LogP contribution is 2.34. The molecule has 2 aliphatic heterocycles. The van der Waals surface area contributed by atoms with Gasteiger partial charge in [0.1, 0.15) is 12.7 Å². The van der Waals surface area contributed by atoms with Gasteiger partial charge in [0.15, 0.2) is 11.5 Å². The summed E-state index contributed by atoms with van der Waals surface area (Å²) in [6.45, 7) is 3.56. The summed E-state index contributed by atoms with van der Waals surface area (Å²) < 4.78 is 40.3. The van der Waals surface area contributed by atoms with Gasteiger partial charge in [-0.05, 0) is 66.9 Å². The summed E-state index contributed by atoms with van der Waals surface area (Å²) in [5, 5.41) is 2.58. The lowest BCUT2D eigenvalue weighted by atomic mass is 9.97. The lowest BCUT2D eigenvalue weighted by Gasteiger charge is -2.35. The average Bonchev–Trinajstić information content (AvgIpc) is 2.83. The lowest BCUT2D eigenvalue weighted by molar-refractivity contribution is 0.0481. The fourth-order valence-corrected chi connectivity index (χ4v) is 5.80. The molecule has 0 aliphatic carbocycles. The van der Waals surface area contributed by atoms with Crippen LogP contribution in [0.3, 0.4) is 0 Å². The Kier molecular flexibility index (Phi) is 6.47. The van der Waals surface area contributed by atoms with Crippen molar-refractivity contribution in [3.05, 3.63) is 65.7 Å². The maximum absolute atomic E-state index is 12.8. The number of piperidine rings is 1. The molecule has 1 saturated heterocycles. The normalized spacial score (nSPS) is 19.6. The Morgan fingerprint density at radius 3 is 2.58 bits per heavy atom. The fourth-order valence-electron chi connectivity index (χ4n) is 4.49. The highest BCUT2D eigenvalue weighted by molar-refractivity contribution is 7.89. The van der Waals surface area contributed by atoms with Crippen molar-refractivity contribution in [2.24, 2.45) is 5.92 Å². The minimum Gasteiger partial charge on any atom is -0.486 e. The van der Waals surface area contributed by atoms with Gasteiger partial charge >= 0.3 is 0 Å². The highest BCUT2D eigenvalue weighted by atomic mass is 35.5. The van der Waals surface area contributed by atoms with Crippen LogP contribution in [0.1, 0.15) is 12.8 Å². The maximum Gasteiger partial charge on any atom is 0.240 e. The number of fused-ring (bicyclic) bond motifs is 2. The van der Waals surface area contributed by atoms with E-state index in [1.54, 1.807) is 24.3 Å². The van der Waals surface area contributed by atoms with Crippen LogP contribution in [0.5, 0.6) is 11.5 Å². The van der Waals surface area contributed by atoms with E-state index in [1.165, 1.54) is 0 Å². The lowest BCUT2D eigenvalue weighted by Crippen LogP contribution is -2.45. The van der Waals surface area contributed by atoms with Crippen molar-refractivity contribution in [1.29, 1.82) is 0 Å². The zero-order valence-corrected chi connectivity index (χ0v) is 19.8. The van der Waals surface area contributed by atoms with Crippen molar-refractivity contribution in [2.45, 2.75) is 23.8 Å². The molecule has 174 valence electrons. The Balaban J connectivity index is 1.11. The van der Waals surface area contributed by atoms with Crippen molar-refractivity contribution in [2.75, 3.05) is 32.8 Å². The van der Waals surface area contributed by atoms with Gasteiger partial charge in [-0.1, -0.05) is 41.9 Å². The first-order chi connectivity index (χ1) is 16.0. The SMILES string of the molecule is O=S(=O)(NCC1CCN(CC2COc3ccc(Cl)cc3O2)CC1)c1ccc2ccccc2c1. The summed E-state index contributed by atoms with van der Waals surface area (Å²) in [6, 6.07) is 18.4. The van der Waals surface area contributed by atoms with E-state index in [2.05, 4.69) is 9.62 Å². The van der Waals surface area contributed by atoms with E-state index in [-0.39, 0.29) is 6.10 Å². The molecule has 0 aromatic heterocycles. The first-order valence-corrected chi connectivity index (χ1v) is 13.1. The van der Waals surface area contributed by atoms with Gasteiger partial charge in [-0.3, -0.25) is 4.90 Å². The number of hydrogen-bond acceptors (Lipinski definition) is 5. The molecule has 2 aliphatic rings. The van der Waals surface area contributed by atoms with Crippen LogP contribution in [-0.4, -0.2) is 52.2 Å². The van der Waals surface area contributed by atoms with E-state index in [0.29, 0.717) is 34.7 Å². The predicted octanol–water partition coefficient (Wildman–Crippen LogP) is 4.32. The Labute approximate surface area is 199 Å². The molecule has 3 aromatic carbocycles. The third-order valence-corrected chi connectivity index (χ3v) is 8.04. The molecule has 6 nitrogen and oxygen atoms in total. The minimum atomic E-state index is -3.53. The second-order valence-electron chi connectivity index (χ2n) is 8.75. The molecule has 3 aromatic rings. The monoisotopic (exact) mass is 486 g/mol. The number of nitrogens with one attached hydrogen (secondary N) is 1. The molecule has 0 radical (unpaired) electrons. The van der Waals surface area contributed by atoms with Crippen molar-refractivity contribution in [1.82, 2.24) is 9.62 Å². The molecule has 33 heavy (non-hydrogen) atoms. The average molecular weight is 487 g/mol. The van der Waals surface area contributed by atoms with Crippen molar-refractivity contribution < 1.29 is 17.9 Å². The van der Waals surface area contributed by atoms with E-state index in [0.717, 1.165) is 49.0 Å². The standard InChI is InChI=1S/C25H27ClN2O4S/c26-21-6-8-24-25(14-21)32-22(17-31-24)16-28-11-9-18(10-12-28)15-27-33(29,30)23-7-5-19-3-1-2-4-20(19)13-23/h1-8,13-14,18,22,27H,9-12,15-17H2. The van der Waals surface area contributed by atoms with Crippen LogP contribution >= 0.6 is 11.6 Å².